The van der Waals surface area contributed by atoms with Gasteiger partial charge in [0.15, 0.2) is 5.78 Å². The van der Waals surface area contributed by atoms with Gasteiger partial charge in [-0.05, 0) is 18.6 Å². The number of ether oxygens (including phenoxy) is 1. The Bertz CT molecular complexity index is 789. The van der Waals surface area contributed by atoms with E-state index in [1.165, 1.54) is 18.2 Å². The maximum atomic E-state index is 12.2. The van der Waals surface area contributed by atoms with E-state index in [0.717, 1.165) is 0 Å². The summed E-state index contributed by atoms with van der Waals surface area (Å²) in [5, 5.41) is 9.96. The van der Waals surface area contributed by atoms with Gasteiger partial charge in [0.2, 0.25) is 0 Å². The van der Waals surface area contributed by atoms with Crippen molar-refractivity contribution in [2.75, 3.05) is 12.4 Å². The molecule has 2 aromatic rings. The van der Waals surface area contributed by atoms with Crippen LogP contribution >= 0.6 is 0 Å². The van der Waals surface area contributed by atoms with Crippen LogP contribution in [0, 0.1) is 0 Å². The van der Waals surface area contributed by atoms with E-state index in [0.29, 0.717) is 5.56 Å². The summed E-state index contributed by atoms with van der Waals surface area (Å²) in [6, 6.07) is 12.8. The van der Waals surface area contributed by atoms with Crippen LogP contribution in [0.1, 0.15) is 22.3 Å². The maximum absolute atomic E-state index is 12.2. The summed E-state index contributed by atoms with van der Waals surface area (Å²) >= 11 is 0. The number of phenolic OH excluding ortho intramolecular Hbond substituents is 1. The van der Waals surface area contributed by atoms with E-state index in [4.69, 9.17) is 4.74 Å². The zero-order valence-corrected chi connectivity index (χ0v) is 16.0. The molecule has 8 heteroatoms. The first-order chi connectivity index (χ1) is 10.9. The smallest absolute Gasteiger partial charge is 0.748 e. The number of rotatable bonds is 7. The molecule has 6 nitrogen and oxygen atoms in total. The Morgan fingerprint density at radius 2 is 1.79 bits per heavy atom. The van der Waals surface area contributed by atoms with E-state index >= 15 is 0 Å². The molecule has 2 rings (SSSR count). The summed E-state index contributed by atoms with van der Waals surface area (Å²) in [4.78, 5) is 12.2. The average Bonchev–Trinajstić information content (AvgIpc) is 2.51. The van der Waals surface area contributed by atoms with Crippen molar-refractivity contribution in [1.82, 2.24) is 0 Å². The molecule has 0 saturated carbocycles. The van der Waals surface area contributed by atoms with Gasteiger partial charge in [0.25, 0.3) is 0 Å². The van der Waals surface area contributed by atoms with E-state index in [1.54, 1.807) is 30.3 Å². The Morgan fingerprint density at radius 1 is 1.12 bits per heavy atom. The average molecular weight is 358 g/mol. The summed E-state index contributed by atoms with van der Waals surface area (Å²) in [7, 11) is -4.26. The van der Waals surface area contributed by atoms with E-state index in [2.05, 4.69) is 0 Å². The van der Waals surface area contributed by atoms with Crippen LogP contribution in [0.15, 0.2) is 48.5 Å². The predicted octanol–water partition coefficient (Wildman–Crippen LogP) is -1.06. The van der Waals surface area contributed by atoms with Gasteiger partial charge in [0.1, 0.15) is 11.5 Å². The van der Waals surface area contributed by atoms with Gasteiger partial charge in [-0.1, -0.05) is 30.3 Å². The van der Waals surface area contributed by atoms with Crippen LogP contribution in [0.2, 0.25) is 0 Å². The summed E-state index contributed by atoms with van der Waals surface area (Å²) in [6.07, 6.45) is 0.0529. The van der Waals surface area contributed by atoms with Gasteiger partial charge in [-0.3, -0.25) is 4.79 Å². The van der Waals surface area contributed by atoms with Gasteiger partial charge in [0, 0.05) is 17.4 Å². The third-order valence-electron chi connectivity index (χ3n) is 3.06. The van der Waals surface area contributed by atoms with Gasteiger partial charge in [-0.2, -0.15) is 0 Å². The summed E-state index contributed by atoms with van der Waals surface area (Å²) in [5.41, 5.74) is 0.600. The first kappa shape index (κ1) is 20.7. The number of phenols is 1. The van der Waals surface area contributed by atoms with Crippen molar-refractivity contribution >= 4 is 15.9 Å². The Kier molecular flexibility index (Phi) is 7.92. The zero-order valence-electron chi connectivity index (χ0n) is 13.1. The first-order valence-electron chi connectivity index (χ1n) is 6.86. The minimum absolute atomic E-state index is 0. The van der Waals surface area contributed by atoms with Gasteiger partial charge in [-0.15, -0.1) is 0 Å². The summed E-state index contributed by atoms with van der Waals surface area (Å²) < 4.78 is 36.6. The van der Waals surface area contributed by atoms with Crippen molar-refractivity contribution in [2.24, 2.45) is 0 Å². The largest absolute Gasteiger partial charge is 1.00 e. The van der Waals surface area contributed by atoms with Crippen molar-refractivity contribution in [3.63, 3.8) is 0 Å². The molecule has 0 aromatic heterocycles. The molecular weight excluding hydrogens is 343 g/mol. The fourth-order valence-electron chi connectivity index (χ4n) is 1.96. The van der Waals surface area contributed by atoms with Crippen molar-refractivity contribution < 1.29 is 57.2 Å². The minimum Gasteiger partial charge on any atom is -0.748 e. The molecule has 2 aromatic carbocycles. The van der Waals surface area contributed by atoms with E-state index in [9.17, 15) is 22.9 Å². The third kappa shape index (κ3) is 6.26. The SMILES string of the molecule is O=C(c1ccccc1)c1ccc(OCCCS(=O)(=O)[O-])cc1O.[Na+]. The van der Waals surface area contributed by atoms with Crippen LogP contribution in [-0.4, -0.2) is 36.2 Å². The van der Waals surface area contributed by atoms with Crippen LogP contribution in [0.3, 0.4) is 0 Å². The fourth-order valence-corrected chi connectivity index (χ4v) is 2.44. The monoisotopic (exact) mass is 358 g/mol. The second-order valence-electron chi connectivity index (χ2n) is 4.84. The second-order valence-corrected chi connectivity index (χ2v) is 6.36. The van der Waals surface area contributed by atoms with Gasteiger partial charge in [-0.25, -0.2) is 8.42 Å². The molecule has 0 spiro atoms. The number of aromatic hydroxyl groups is 1. The van der Waals surface area contributed by atoms with Crippen LogP contribution in [-0.2, 0) is 10.1 Å². The normalized spacial score (nSPS) is 10.7. The van der Waals surface area contributed by atoms with Crippen LogP contribution in [0.5, 0.6) is 11.5 Å². The van der Waals surface area contributed by atoms with E-state index in [1.807, 2.05) is 0 Å². The standard InChI is InChI=1S/C16H16O6S.Na/c17-15-11-13(22-9-4-10-23(19,20)21)7-8-14(15)16(18)12-5-2-1-3-6-12;/h1-3,5-8,11,17H,4,9-10H2,(H,19,20,21);/q;+1/p-1. The van der Waals surface area contributed by atoms with Gasteiger partial charge < -0.3 is 14.4 Å². The Hall–Kier alpha value is -1.38. The molecule has 0 unspecified atom stereocenters. The van der Waals surface area contributed by atoms with Crippen LogP contribution in [0.4, 0.5) is 0 Å². The molecule has 0 bridgehead atoms. The number of hydrogen-bond donors (Lipinski definition) is 1. The summed E-state index contributed by atoms with van der Waals surface area (Å²) in [5.74, 6) is -0.765. The molecule has 122 valence electrons. The Labute approximate surface area is 162 Å². The first-order valence-corrected chi connectivity index (χ1v) is 8.44. The zero-order chi connectivity index (χ0) is 16.9. The number of benzene rings is 2. The molecular formula is C16H15NaO6S. The van der Waals surface area contributed by atoms with Crippen LogP contribution in [0.25, 0.3) is 0 Å². The molecule has 0 aliphatic heterocycles. The molecule has 24 heavy (non-hydrogen) atoms. The molecule has 0 fully saturated rings. The molecule has 0 aliphatic rings. The molecule has 0 aliphatic carbocycles. The third-order valence-corrected chi connectivity index (χ3v) is 3.85. The summed E-state index contributed by atoms with van der Waals surface area (Å²) in [6.45, 7) is 0.0207. The predicted molar refractivity (Wildman–Crippen MR) is 82.7 cm³/mol. The fraction of sp³-hybridized carbons (Fsp3) is 0.188. The topological polar surface area (TPSA) is 104 Å². The van der Waals surface area contributed by atoms with Crippen LogP contribution < -0.4 is 34.3 Å². The number of carbonyl (C=O) groups is 1. The van der Waals surface area contributed by atoms with E-state index in [-0.39, 0.29) is 65.4 Å². The Morgan fingerprint density at radius 3 is 2.38 bits per heavy atom. The van der Waals surface area contributed by atoms with Gasteiger partial charge in [0.05, 0.1) is 22.3 Å². The molecule has 0 atom stereocenters. The molecule has 0 heterocycles. The van der Waals surface area contributed by atoms with Crippen molar-refractivity contribution in [3.8, 4) is 11.5 Å². The molecule has 1 N–H and O–H groups in total. The minimum atomic E-state index is -4.26. The van der Waals surface area contributed by atoms with E-state index < -0.39 is 15.9 Å². The molecule has 0 amide bonds. The van der Waals surface area contributed by atoms with Crippen molar-refractivity contribution in [3.05, 3.63) is 59.7 Å². The quantitative estimate of drug-likeness (QED) is 0.293. The molecule has 0 radical (unpaired) electrons. The van der Waals surface area contributed by atoms with Crippen molar-refractivity contribution in [1.29, 1.82) is 0 Å². The number of carbonyl (C=O) groups excluding carboxylic acids is 1. The number of ketones is 1. The number of hydrogen-bond acceptors (Lipinski definition) is 6. The van der Waals surface area contributed by atoms with Gasteiger partial charge >= 0.3 is 29.6 Å². The maximum Gasteiger partial charge on any atom is 1.00 e. The second kappa shape index (κ2) is 9.19. The van der Waals surface area contributed by atoms with Crippen molar-refractivity contribution in [2.45, 2.75) is 6.42 Å². The Balaban J connectivity index is 0.00000288. The molecule has 0 saturated heterocycles.